The fourth-order valence-electron chi connectivity index (χ4n) is 1.88. The first-order valence-corrected chi connectivity index (χ1v) is 6.30. The van der Waals surface area contributed by atoms with Gasteiger partial charge in [0.15, 0.2) is 11.6 Å². The Balaban J connectivity index is 2.41. The minimum Gasteiger partial charge on any atom is -0.399 e. The molecule has 1 aromatic carbocycles. The van der Waals surface area contributed by atoms with Gasteiger partial charge in [0.05, 0.1) is 0 Å². The summed E-state index contributed by atoms with van der Waals surface area (Å²) in [6.45, 7) is 4.29. The maximum Gasteiger partial charge on any atom is 0.158 e. The van der Waals surface area contributed by atoms with Crippen molar-refractivity contribution in [1.29, 1.82) is 0 Å². The van der Waals surface area contributed by atoms with Crippen LogP contribution in [0.5, 0.6) is 0 Å². The lowest BCUT2D eigenvalue weighted by Gasteiger charge is -2.02. The van der Waals surface area contributed by atoms with Crippen molar-refractivity contribution in [2.45, 2.75) is 20.3 Å². The molecular formula is C13H17ClN4. The van der Waals surface area contributed by atoms with Crippen molar-refractivity contribution >= 4 is 17.3 Å². The summed E-state index contributed by atoms with van der Waals surface area (Å²) in [6.07, 6.45) is 0.865. The van der Waals surface area contributed by atoms with Gasteiger partial charge in [-0.05, 0) is 24.1 Å². The van der Waals surface area contributed by atoms with E-state index in [2.05, 4.69) is 23.9 Å². The Kier molecular flexibility index (Phi) is 3.57. The molecule has 96 valence electrons. The summed E-state index contributed by atoms with van der Waals surface area (Å²) in [4.78, 5) is 4.54. The fourth-order valence-corrected chi connectivity index (χ4v) is 2.13. The van der Waals surface area contributed by atoms with E-state index in [0.29, 0.717) is 16.6 Å². The van der Waals surface area contributed by atoms with Gasteiger partial charge < -0.3 is 5.73 Å². The highest BCUT2D eigenvalue weighted by Gasteiger charge is 2.11. The number of rotatable bonds is 3. The monoisotopic (exact) mass is 264 g/mol. The van der Waals surface area contributed by atoms with Crippen LogP contribution < -0.4 is 5.73 Å². The van der Waals surface area contributed by atoms with Crippen molar-refractivity contribution in [3.05, 3.63) is 29.0 Å². The quantitative estimate of drug-likeness (QED) is 0.868. The SMILES string of the molecule is CC(C)Cc1nc(-c2cc(N)cc(Cl)c2)n(C)n1. The van der Waals surface area contributed by atoms with Crippen LogP contribution in [0, 0.1) is 5.92 Å². The molecule has 0 amide bonds. The van der Waals surface area contributed by atoms with Crippen LogP contribution in [0.4, 0.5) is 5.69 Å². The molecule has 0 unspecified atom stereocenters. The molecule has 4 nitrogen and oxygen atoms in total. The van der Waals surface area contributed by atoms with Crippen molar-refractivity contribution in [1.82, 2.24) is 14.8 Å². The van der Waals surface area contributed by atoms with Gasteiger partial charge in [-0.3, -0.25) is 0 Å². The van der Waals surface area contributed by atoms with Crippen molar-refractivity contribution in [3.63, 3.8) is 0 Å². The largest absolute Gasteiger partial charge is 0.399 e. The summed E-state index contributed by atoms with van der Waals surface area (Å²) in [5.74, 6) is 2.17. The molecule has 0 aliphatic heterocycles. The summed E-state index contributed by atoms with van der Waals surface area (Å²) in [7, 11) is 1.88. The van der Waals surface area contributed by atoms with Gasteiger partial charge in [-0.1, -0.05) is 25.4 Å². The van der Waals surface area contributed by atoms with E-state index in [4.69, 9.17) is 17.3 Å². The Morgan fingerprint density at radius 3 is 2.67 bits per heavy atom. The van der Waals surface area contributed by atoms with Crippen LogP contribution >= 0.6 is 11.6 Å². The van der Waals surface area contributed by atoms with Crippen molar-refractivity contribution < 1.29 is 0 Å². The predicted molar refractivity (Wildman–Crippen MR) is 74.4 cm³/mol. The maximum atomic E-state index is 6.01. The Hall–Kier alpha value is -1.55. The zero-order valence-corrected chi connectivity index (χ0v) is 11.6. The number of aromatic nitrogens is 3. The average molecular weight is 265 g/mol. The minimum atomic E-state index is 0.532. The molecule has 0 aliphatic carbocycles. The fraction of sp³-hybridized carbons (Fsp3) is 0.385. The van der Waals surface area contributed by atoms with Gasteiger partial charge in [-0.15, -0.1) is 0 Å². The summed E-state index contributed by atoms with van der Waals surface area (Å²) in [5.41, 5.74) is 7.32. The van der Waals surface area contributed by atoms with Crippen LogP contribution in [-0.4, -0.2) is 14.8 Å². The second-order valence-electron chi connectivity index (χ2n) is 4.85. The molecule has 2 N–H and O–H groups in total. The lowest BCUT2D eigenvalue weighted by Crippen LogP contribution is -1.98. The number of nitrogens with two attached hydrogens (primary N) is 1. The molecule has 18 heavy (non-hydrogen) atoms. The molecule has 1 aromatic heterocycles. The maximum absolute atomic E-state index is 6.01. The van der Waals surface area contributed by atoms with Crippen molar-refractivity contribution in [2.75, 3.05) is 5.73 Å². The van der Waals surface area contributed by atoms with Gasteiger partial charge in [0.1, 0.15) is 0 Å². The topological polar surface area (TPSA) is 56.7 Å². The molecule has 1 heterocycles. The smallest absolute Gasteiger partial charge is 0.158 e. The average Bonchev–Trinajstić information content (AvgIpc) is 2.56. The Morgan fingerprint density at radius 1 is 1.33 bits per heavy atom. The van der Waals surface area contributed by atoms with E-state index in [-0.39, 0.29) is 0 Å². The molecule has 0 aliphatic rings. The van der Waals surface area contributed by atoms with E-state index in [9.17, 15) is 0 Å². The second kappa shape index (κ2) is 4.98. The number of nitrogens with zero attached hydrogens (tertiary/aromatic N) is 3. The van der Waals surface area contributed by atoms with Crippen LogP contribution in [0.1, 0.15) is 19.7 Å². The van der Waals surface area contributed by atoms with Gasteiger partial charge in [0.25, 0.3) is 0 Å². The first-order chi connectivity index (χ1) is 8.45. The number of anilines is 1. The highest BCUT2D eigenvalue weighted by Crippen LogP contribution is 2.24. The Morgan fingerprint density at radius 2 is 2.06 bits per heavy atom. The molecule has 2 rings (SSSR count). The van der Waals surface area contributed by atoms with E-state index >= 15 is 0 Å². The minimum absolute atomic E-state index is 0.532. The molecule has 0 fully saturated rings. The van der Waals surface area contributed by atoms with E-state index in [1.54, 1.807) is 10.7 Å². The third kappa shape index (κ3) is 2.82. The van der Waals surface area contributed by atoms with E-state index in [1.165, 1.54) is 0 Å². The zero-order valence-electron chi connectivity index (χ0n) is 10.8. The summed E-state index contributed by atoms with van der Waals surface area (Å²) in [5, 5.41) is 5.02. The molecule has 0 bridgehead atoms. The zero-order chi connectivity index (χ0) is 13.3. The van der Waals surface area contributed by atoms with Gasteiger partial charge in [-0.25, -0.2) is 9.67 Å². The van der Waals surface area contributed by atoms with Crippen molar-refractivity contribution in [2.24, 2.45) is 13.0 Å². The third-order valence-corrected chi connectivity index (χ3v) is 2.79. The molecule has 0 radical (unpaired) electrons. The molecule has 5 heteroatoms. The van der Waals surface area contributed by atoms with E-state index < -0.39 is 0 Å². The van der Waals surface area contributed by atoms with Crippen LogP contribution in [0.2, 0.25) is 5.02 Å². The predicted octanol–water partition coefficient (Wildman–Crippen LogP) is 2.92. The van der Waals surface area contributed by atoms with Gasteiger partial charge in [-0.2, -0.15) is 5.10 Å². The molecule has 0 saturated carbocycles. The first kappa shape index (κ1) is 12.9. The highest BCUT2D eigenvalue weighted by molar-refractivity contribution is 6.31. The van der Waals surface area contributed by atoms with E-state index in [0.717, 1.165) is 23.6 Å². The summed E-state index contributed by atoms with van der Waals surface area (Å²) < 4.78 is 1.77. The molecule has 2 aromatic rings. The lowest BCUT2D eigenvalue weighted by molar-refractivity contribution is 0.613. The second-order valence-corrected chi connectivity index (χ2v) is 5.28. The molecule has 0 saturated heterocycles. The first-order valence-electron chi connectivity index (χ1n) is 5.92. The number of aryl methyl sites for hydroxylation is 1. The Bertz CT molecular complexity index is 540. The Labute approximate surface area is 112 Å². The van der Waals surface area contributed by atoms with E-state index in [1.807, 2.05) is 19.2 Å². The standard InChI is InChI=1S/C13H17ClN4/c1-8(2)4-12-16-13(18(3)17-12)9-5-10(14)7-11(15)6-9/h5-8H,4,15H2,1-3H3. The third-order valence-electron chi connectivity index (χ3n) is 2.58. The molecule has 0 atom stereocenters. The normalized spacial score (nSPS) is 11.2. The number of hydrogen-bond donors (Lipinski definition) is 1. The number of benzene rings is 1. The van der Waals surface area contributed by atoms with Gasteiger partial charge in [0, 0.05) is 29.7 Å². The lowest BCUT2D eigenvalue weighted by atomic mass is 10.1. The molecule has 0 spiro atoms. The summed E-state index contributed by atoms with van der Waals surface area (Å²) in [6, 6.07) is 5.42. The summed E-state index contributed by atoms with van der Waals surface area (Å²) >= 11 is 6.01. The molecular weight excluding hydrogens is 248 g/mol. The number of hydrogen-bond acceptors (Lipinski definition) is 3. The van der Waals surface area contributed by atoms with Gasteiger partial charge >= 0.3 is 0 Å². The van der Waals surface area contributed by atoms with Crippen LogP contribution in [-0.2, 0) is 13.5 Å². The van der Waals surface area contributed by atoms with Crippen molar-refractivity contribution in [3.8, 4) is 11.4 Å². The van der Waals surface area contributed by atoms with Crippen LogP contribution in [0.15, 0.2) is 18.2 Å². The van der Waals surface area contributed by atoms with Crippen LogP contribution in [0.3, 0.4) is 0 Å². The highest BCUT2D eigenvalue weighted by atomic mass is 35.5. The van der Waals surface area contributed by atoms with Crippen LogP contribution in [0.25, 0.3) is 11.4 Å². The number of halogens is 1. The van der Waals surface area contributed by atoms with Gasteiger partial charge in [0.2, 0.25) is 0 Å². The number of nitrogen functional groups attached to an aromatic ring is 1.